The standard InChI is InChI=1S/C25H23NO5/c1-16(27)22-6-4-5-7-23(22)26-25(29)17(2)31-24(28)13-9-18-8-10-20-15-21(30-3)12-11-19(20)14-18/h4-15,17H,1-3H3,(H,26,29)/b13-9+/t17-/m0/s1. The van der Waals surface area contributed by atoms with Crippen molar-refractivity contribution in [2.24, 2.45) is 0 Å². The molecule has 0 heterocycles. The fourth-order valence-corrected chi connectivity index (χ4v) is 3.04. The second-order valence-corrected chi connectivity index (χ2v) is 6.98. The van der Waals surface area contributed by atoms with E-state index < -0.39 is 18.0 Å². The second kappa shape index (κ2) is 9.71. The van der Waals surface area contributed by atoms with E-state index in [-0.39, 0.29) is 5.78 Å². The number of hydrogen-bond donors (Lipinski definition) is 1. The highest BCUT2D eigenvalue weighted by atomic mass is 16.5. The van der Waals surface area contributed by atoms with Crippen LogP contribution in [0.1, 0.15) is 29.8 Å². The largest absolute Gasteiger partial charge is 0.497 e. The molecule has 0 saturated heterocycles. The number of anilines is 1. The number of Topliss-reactive ketones (excluding diaryl/α,β-unsaturated/α-hetero) is 1. The van der Waals surface area contributed by atoms with Crippen LogP contribution in [0.15, 0.2) is 66.7 Å². The van der Waals surface area contributed by atoms with Crippen LogP contribution in [0.4, 0.5) is 5.69 Å². The highest BCUT2D eigenvalue weighted by molar-refractivity contribution is 6.05. The molecular weight excluding hydrogens is 394 g/mol. The number of methoxy groups -OCH3 is 1. The van der Waals surface area contributed by atoms with Gasteiger partial charge in [0, 0.05) is 11.6 Å². The highest BCUT2D eigenvalue weighted by Crippen LogP contribution is 2.22. The van der Waals surface area contributed by atoms with E-state index in [9.17, 15) is 14.4 Å². The van der Waals surface area contributed by atoms with Gasteiger partial charge in [-0.2, -0.15) is 0 Å². The molecule has 0 aliphatic heterocycles. The molecule has 0 saturated carbocycles. The number of amides is 1. The Morgan fingerprint density at radius 1 is 0.968 bits per heavy atom. The number of para-hydroxylation sites is 1. The van der Waals surface area contributed by atoms with E-state index in [4.69, 9.17) is 9.47 Å². The fourth-order valence-electron chi connectivity index (χ4n) is 3.04. The normalized spacial score (nSPS) is 11.8. The topological polar surface area (TPSA) is 81.7 Å². The Hall–Kier alpha value is -3.93. The predicted octanol–water partition coefficient (Wildman–Crippen LogP) is 4.63. The molecule has 3 aromatic rings. The van der Waals surface area contributed by atoms with Crippen LogP contribution in [0.25, 0.3) is 16.8 Å². The lowest BCUT2D eigenvalue weighted by Gasteiger charge is -2.14. The summed E-state index contributed by atoms with van der Waals surface area (Å²) in [5.41, 5.74) is 1.59. The maximum Gasteiger partial charge on any atom is 0.331 e. The summed E-state index contributed by atoms with van der Waals surface area (Å²) in [5, 5.41) is 4.66. The van der Waals surface area contributed by atoms with Crippen molar-refractivity contribution in [1.29, 1.82) is 0 Å². The number of benzene rings is 3. The van der Waals surface area contributed by atoms with Crippen LogP contribution >= 0.6 is 0 Å². The average Bonchev–Trinajstić information content (AvgIpc) is 2.77. The number of rotatable bonds is 7. The van der Waals surface area contributed by atoms with E-state index in [2.05, 4.69) is 5.32 Å². The summed E-state index contributed by atoms with van der Waals surface area (Å²) in [4.78, 5) is 36.2. The highest BCUT2D eigenvalue weighted by Gasteiger charge is 2.18. The average molecular weight is 417 g/mol. The van der Waals surface area contributed by atoms with Gasteiger partial charge in [-0.25, -0.2) is 4.79 Å². The summed E-state index contributed by atoms with van der Waals surface area (Å²) in [6, 6.07) is 18.2. The number of fused-ring (bicyclic) bond motifs is 1. The van der Waals surface area contributed by atoms with Crippen LogP contribution in [-0.4, -0.2) is 30.9 Å². The first kappa shape index (κ1) is 21.8. The first-order chi connectivity index (χ1) is 14.9. The summed E-state index contributed by atoms with van der Waals surface area (Å²) in [5.74, 6) is -0.553. The van der Waals surface area contributed by atoms with Gasteiger partial charge < -0.3 is 14.8 Å². The van der Waals surface area contributed by atoms with Gasteiger partial charge in [0.05, 0.1) is 12.8 Å². The molecule has 0 unspecified atom stereocenters. The zero-order valence-corrected chi connectivity index (χ0v) is 17.5. The SMILES string of the molecule is COc1ccc2cc(/C=C/C(=O)O[C@@H](C)C(=O)Nc3ccccc3C(C)=O)ccc2c1. The molecule has 0 aliphatic carbocycles. The molecule has 0 bridgehead atoms. The van der Waals surface area contributed by atoms with Crippen molar-refractivity contribution in [2.75, 3.05) is 12.4 Å². The van der Waals surface area contributed by atoms with Gasteiger partial charge in [0.1, 0.15) is 5.75 Å². The van der Waals surface area contributed by atoms with Crippen LogP contribution in [-0.2, 0) is 14.3 Å². The van der Waals surface area contributed by atoms with Crippen LogP contribution in [0.2, 0.25) is 0 Å². The number of carbonyl (C=O) groups is 3. The van der Waals surface area contributed by atoms with Crippen molar-refractivity contribution in [3.05, 3.63) is 77.9 Å². The molecule has 0 aromatic heterocycles. The van der Waals surface area contributed by atoms with Crippen molar-refractivity contribution < 1.29 is 23.9 Å². The van der Waals surface area contributed by atoms with Crippen LogP contribution in [0, 0.1) is 0 Å². The van der Waals surface area contributed by atoms with Crippen molar-refractivity contribution in [3.8, 4) is 5.75 Å². The smallest absolute Gasteiger partial charge is 0.331 e. The third-order valence-corrected chi connectivity index (χ3v) is 4.71. The number of esters is 1. The Morgan fingerprint density at radius 3 is 2.42 bits per heavy atom. The van der Waals surface area contributed by atoms with Crippen molar-refractivity contribution >= 4 is 40.2 Å². The van der Waals surface area contributed by atoms with Crippen molar-refractivity contribution in [1.82, 2.24) is 0 Å². The molecule has 0 aliphatic rings. The van der Waals surface area contributed by atoms with Crippen LogP contribution in [0.5, 0.6) is 5.75 Å². The van der Waals surface area contributed by atoms with E-state index >= 15 is 0 Å². The number of ketones is 1. The molecular formula is C25H23NO5. The van der Waals surface area contributed by atoms with E-state index in [1.54, 1.807) is 37.5 Å². The summed E-state index contributed by atoms with van der Waals surface area (Å²) in [6.07, 6.45) is 1.88. The number of hydrogen-bond acceptors (Lipinski definition) is 5. The van der Waals surface area contributed by atoms with E-state index in [0.29, 0.717) is 11.3 Å². The van der Waals surface area contributed by atoms with Gasteiger partial charge >= 0.3 is 5.97 Å². The zero-order chi connectivity index (χ0) is 22.4. The zero-order valence-electron chi connectivity index (χ0n) is 17.5. The van der Waals surface area contributed by atoms with Gasteiger partial charge in [-0.15, -0.1) is 0 Å². The maximum atomic E-state index is 12.4. The number of carbonyl (C=O) groups excluding carboxylic acids is 3. The summed E-state index contributed by atoms with van der Waals surface area (Å²) < 4.78 is 10.4. The molecule has 1 atom stereocenters. The molecule has 0 spiro atoms. The minimum absolute atomic E-state index is 0.169. The van der Waals surface area contributed by atoms with E-state index in [0.717, 1.165) is 22.1 Å². The molecule has 1 amide bonds. The minimum atomic E-state index is -1.03. The van der Waals surface area contributed by atoms with Gasteiger partial charge in [0.15, 0.2) is 11.9 Å². The number of nitrogens with one attached hydrogen (secondary N) is 1. The molecule has 3 aromatic carbocycles. The maximum absolute atomic E-state index is 12.4. The van der Waals surface area contributed by atoms with E-state index in [1.807, 2.05) is 36.4 Å². The predicted molar refractivity (Wildman–Crippen MR) is 120 cm³/mol. The summed E-state index contributed by atoms with van der Waals surface area (Å²) in [7, 11) is 1.62. The Labute approximate surface area is 180 Å². The Morgan fingerprint density at radius 2 is 1.68 bits per heavy atom. The lowest BCUT2D eigenvalue weighted by molar-refractivity contribution is -0.148. The first-order valence-electron chi connectivity index (χ1n) is 9.74. The van der Waals surface area contributed by atoms with Gasteiger partial charge in [-0.05, 0) is 66.6 Å². The second-order valence-electron chi connectivity index (χ2n) is 6.98. The summed E-state index contributed by atoms with van der Waals surface area (Å²) in [6.45, 7) is 2.89. The van der Waals surface area contributed by atoms with Crippen molar-refractivity contribution in [2.45, 2.75) is 20.0 Å². The molecule has 31 heavy (non-hydrogen) atoms. The van der Waals surface area contributed by atoms with Crippen molar-refractivity contribution in [3.63, 3.8) is 0 Å². The molecule has 6 nitrogen and oxygen atoms in total. The van der Waals surface area contributed by atoms with Gasteiger partial charge in [0.2, 0.25) is 0 Å². The van der Waals surface area contributed by atoms with Gasteiger partial charge in [0.25, 0.3) is 5.91 Å². The molecule has 1 N–H and O–H groups in total. The quantitative estimate of drug-likeness (QED) is 0.344. The molecule has 3 rings (SSSR count). The lowest BCUT2D eigenvalue weighted by atomic mass is 10.1. The summed E-state index contributed by atoms with van der Waals surface area (Å²) >= 11 is 0. The number of ether oxygens (including phenoxy) is 2. The lowest BCUT2D eigenvalue weighted by Crippen LogP contribution is -2.30. The van der Waals surface area contributed by atoms with Gasteiger partial charge in [-0.1, -0.05) is 30.3 Å². The Balaban J connectivity index is 1.62. The Bertz CT molecular complexity index is 1170. The Kier molecular flexibility index (Phi) is 6.82. The van der Waals surface area contributed by atoms with E-state index in [1.165, 1.54) is 19.9 Å². The molecule has 0 fully saturated rings. The fraction of sp³-hybridized carbons (Fsp3) is 0.160. The van der Waals surface area contributed by atoms with Crippen LogP contribution in [0.3, 0.4) is 0 Å². The molecule has 6 heteroatoms. The minimum Gasteiger partial charge on any atom is -0.497 e. The van der Waals surface area contributed by atoms with Gasteiger partial charge in [-0.3, -0.25) is 9.59 Å². The third-order valence-electron chi connectivity index (χ3n) is 4.71. The first-order valence-corrected chi connectivity index (χ1v) is 9.74. The monoisotopic (exact) mass is 417 g/mol. The molecule has 158 valence electrons. The van der Waals surface area contributed by atoms with Crippen LogP contribution < -0.4 is 10.1 Å². The third kappa shape index (κ3) is 5.57. The molecule has 0 radical (unpaired) electrons.